The number of anilines is 2. The van der Waals surface area contributed by atoms with Crippen LogP contribution in [-0.2, 0) is 4.79 Å². The van der Waals surface area contributed by atoms with Gasteiger partial charge in [-0.05, 0) is 48.7 Å². The highest BCUT2D eigenvalue weighted by atomic mass is 16.5. The number of ether oxygens (including phenoxy) is 2. The molecule has 5 nitrogen and oxygen atoms in total. The van der Waals surface area contributed by atoms with Crippen LogP contribution in [0.1, 0.15) is 20.3 Å². The molecule has 0 fully saturated rings. The monoisotopic (exact) mass is 342 g/mol. The van der Waals surface area contributed by atoms with Crippen molar-refractivity contribution >= 4 is 17.3 Å². The van der Waals surface area contributed by atoms with Gasteiger partial charge in [-0.25, -0.2) is 0 Å². The minimum atomic E-state index is -0.116. The first-order valence-electron chi connectivity index (χ1n) is 8.47. The van der Waals surface area contributed by atoms with Crippen molar-refractivity contribution in [2.75, 3.05) is 30.9 Å². The summed E-state index contributed by atoms with van der Waals surface area (Å²) < 4.78 is 10.8. The molecule has 25 heavy (non-hydrogen) atoms. The van der Waals surface area contributed by atoms with Crippen LogP contribution in [0.25, 0.3) is 0 Å². The van der Waals surface area contributed by atoms with Gasteiger partial charge in [0.15, 0.2) is 0 Å². The van der Waals surface area contributed by atoms with Gasteiger partial charge in [-0.3, -0.25) is 4.79 Å². The second-order valence-corrected chi connectivity index (χ2v) is 6.19. The molecular weight excluding hydrogens is 316 g/mol. The fraction of sp³-hybridized carbons (Fsp3) is 0.350. The molecule has 0 aliphatic rings. The molecule has 5 heteroatoms. The normalized spacial score (nSPS) is 10.4. The number of methoxy groups -OCH3 is 1. The van der Waals surface area contributed by atoms with Crippen LogP contribution in [0.15, 0.2) is 48.5 Å². The van der Waals surface area contributed by atoms with Gasteiger partial charge in [-0.2, -0.15) is 0 Å². The van der Waals surface area contributed by atoms with Crippen LogP contribution >= 0.6 is 0 Å². The van der Waals surface area contributed by atoms with Crippen molar-refractivity contribution in [2.24, 2.45) is 5.92 Å². The van der Waals surface area contributed by atoms with Gasteiger partial charge in [-0.15, -0.1) is 0 Å². The van der Waals surface area contributed by atoms with Crippen molar-refractivity contribution in [2.45, 2.75) is 20.3 Å². The molecular formula is C20H26N2O3. The number of carbonyl (C=O) groups excluding carboxylic acids is 1. The van der Waals surface area contributed by atoms with Crippen molar-refractivity contribution in [1.29, 1.82) is 0 Å². The minimum Gasteiger partial charge on any atom is -0.497 e. The standard InChI is InChI=1S/C20H26N2O3/c1-15(2)11-12-25-19-6-4-5-17(13-19)22-20(23)14-21-16-7-9-18(24-3)10-8-16/h4-10,13,15,21H,11-12,14H2,1-3H3,(H,22,23). The van der Waals surface area contributed by atoms with E-state index in [4.69, 9.17) is 9.47 Å². The van der Waals surface area contributed by atoms with Crippen molar-refractivity contribution in [1.82, 2.24) is 0 Å². The highest BCUT2D eigenvalue weighted by molar-refractivity contribution is 5.93. The van der Waals surface area contributed by atoms with E-state index in [9.17, 15) is 4.79 Å². The Morgan fingerprint density at radius 1 is 1.04 bits per heavy atom. The molecule has 0 aliphatic carbocycles. The predicted octanol–water partition coefficient (Wildman–Crippen LogP) is 4.17. The van der Waals surface area contributed by atoms with E-state index in [1.54, 1.807) is 7.11 Å². The quantitative estimate of drug-likeness (QED) is 0.718. The number of rotatable bonds is 9. The molecule has 0 spiro atoms. The molecule has 2 N–H and O–H groups in total. The molecule has 0 heterocycles. The van der Waals surface area contributed by atoms with Gasteiger partial charge >= 0.3 is 0 Å². The largest absolute Gasteiger partial charge is 0.497 e. The number of amides is 1. The predicted molar refractivity (Wildman–Crippen MR) is 102 cm³/mol. The highest BCUT2D eigenvalue weighted by Gasteiger charge is 2.04. The van der Waals surface area contributed by atoms with Gasteiger partial charge in [0, 0.05) is 17.4 Å². The average Bonchev–Trinajstić information content (AvgIpc) is 2.60. The minimum absolute atomic E-state index is 0.116. The van der Waals surface area contributed by atoms with E-state index >= 15 is 0 Å². The maximum absolute atomic E-state index is 12.1. The molecule has 2 rings (SSSR count). The summed E-state index contributed by atoms with van der Waals surface area (Å²) in [6, 6.07) is 14.9. The summed E-state index contributed by atoms with van der Waals surface area (Å²) in [5, 5.41) is 5.95. The zero-order valence-corrected chi connectivity index (χ0v) is 15.0. The van der Waals surface area contributed by atoms with E-state index in [1.165, 1.54) is 0 Å². The zero-order valence-electron chi connectivity index (χ0n) is 15.0. The van der Waals surface area contributed by atoms with Crippen molar-refractivity contribution in [3.8, 4) is 11.5 Å². The van der Waals surface area contributed by atoms with Crippen LogP contribution in [0.5, 0.6) is 11.5 Å². The maximum atomic E-state index is 12.1. The fourth-order valence-corrected chi connectivity index (χ4v) is 2.17. The lowest BCUT2D eigenvalue weighted by atomic mass is 10.1. The Bertz CT molecular complexity index is 669. The number of hydrogen-bond acceptors (Lipinski definition) is 4. The summed E-state index contributed by atoms with van der Waals surface area (Å²) in [6.45, 7) is 5.19. The summed E-state index contributed by atoms with van der Waals surface area (Å²) in [6.07, 6.45) is 1.00. The van der Waals surface area contributed by atoms with Crippen LogP contribution in [0.3, 0.4) is 0 Å². The topological polar surface area (TPSA) is 59.6 Å². The molecule has 0 aliphatic heterocycles. The third-order valence-corrected chi connectivity index (χ3v) is 3.62. The molecule has 2 aromatic carbocycles. The first kappa shape index (κ1) is 18.6. The Kier molecular flexibility index (Phi) is 7.14. The van der Waals surface area contributed by atoms with Gasteiger partial charge in [0.2, 0.25) is 5.91 Å². The number of hydrogen-bond donors (Lipinski definition) is 2. The van der Waals surface area contributed by atoms with Gasteiger partial charge < -0.3 is 20.1 Å². The Balaban J connectivity index is 1.81. The summed E-state index contributed by atoms with van der Waals surface area (Å²) >= 11 is 0. The Morgan fingerprint density at radius 3 is 2.48 bits per heavy atom. The Labute approximate surface area is 149 Å². The lowest BCUT2D eigenvalue weighted by molar-refractivity contribution is -0.114. The maximum Gasteiger partial charge on any atom is 0.243 e. The first-order valence-corrected chi connectivity index (χ1v) is 8.47. The smallest absolute Gasteiger partial charge is 0.243 e. The summed E-state index contributed by atoms with van der Waals surface area (Å²) in [4.78, 5) is 12.1. The van der Waals surface area contributed by atoms with Gasteiger partial charge in [0.05, 0.1) is 20.3 Å². The van der Waals surface area contributed by atoms with Crippen LogP contribution in [-0.4, -0.2) is 26.2 Å². The van der Waals surface area contributed by atoms with Gasteiger partial charge in [0.25, 0.3) is 0 Å². The van der Waals surface area contributed by atoms with E-state index in [-0.39, 0.29) is 12.5 Å². The molecule has 0 bridgehead atoms. The molecule has 134 valence electrons. The van der Waals surface area contributed by atoms with Crippen LogP contribution in [0.4, 0.5) is 11.4 Å². The lowest BCUT2D eigenvalue weighted by Gasteiger charge is -2.11. The van der Waals surface area contributed by atoms with E-state index in [1.807, 2.05) is 48.5 Å². The lowest BCUT2D eigenvalue weighted by Crippen LogP contribution is -2.21. The summed E-state index contributed by atoms with van der Waals surface area (Å²) in [7, 11) is 1.62. The number of benzene rings is 2. The van der Waals surface area contributed by atoms with Crippen LogP contribution < -0.4 is 20.1 Å². The summed E-state index contributed by atoms with van der Waals surface area (Å²) in [5.41, 5.74) is 1.59. The van der Waals surface area contributed by atoms with Gasteiger partial charge in [-0.1, -0.05) is 19.9 Å². The van der Waals surface area contributed by atoms with Crippen molar-refractivity contribution in [3.63, 3.8) is 0 Å². The molecule has 1 amide bonds. The fourth-order valence-electron chi connectivity index (χ4n) is 2.17. The number of carbonyl (C=O) groups is 1. The summed E-state index contributed by atoms with van der Waals surface area (Å²) in [5.74, 6) is 2.04. The van der Waals surface area contributed by atoms with Crippen molar-refractivity contribution in [3.05, 3.63) is 48.5 Å². The van der Waals surface area contributed by atoms with E-state index < -0.39 is 0 Å². The van der Waals surface area contributed by atoms with Crippen molar-refractivity contribution < 1.29 is 14.3 Å². The Morgan fingerprint density at radius 2 is 1.80 bits per heavy atom. The highest BCUT2D eigenvalue weighted by Crippen LogP contribution is 2.18. The van der Waals surface area contributed by atoms with E-state index in [0.29, 0.717) is 12.5 Å². The van der Waals surface area contributed by atoms with Gasteiger partial charge in [0.1, 0.15) is 11.5 Å². The molecule has 0 saturated heterocycles. The molecule has 0 aromatic heterocycles. The zero-order chi connectivity index (χ0) is 18.1. The Hall–Kier alpha value is -2.69. The second-order valence-electron chi connectivity index (χ2n) is 6.19. The molecule has 0 radical (unpaired) electrons. The van der Waals surface area contributed by atoms with E-state index in [0.717, 1.165) is 29.3 Å². The molecule has 2 aromatic rings. The molecule has 0 unspecified atom stereocenters. The third-order valence-electron chi connectivity index (χ3n) is 3.62. The average molecular weight is 342 g/mol. The first-order chi connectivity index (χ1) is 12.1. The van der Waals surface area contributed by atoms with E-state index in [2.05, 4.69) is 24.5 Å². The number of nitrogens with one attached hydrogen (secondary N) is 2. The third kappa shape index (κ3) is 6.75. The molecule has 0 saturated carbocycles. The SMILES string of the molecule is COc1ccc(NCC(=O)Nc2cccc(OCCC(C)C)c2)cc1. The van der Waals surface area contributed by atoms with Crippen LogP contribution in [0, 0.1) is 5.92 Å². The second kappa shape index (κ2) is 9.57. The molecule has 0 atom stereocenters. The van der Waals surface area contributed by atoms with Crippen LogP contribution in [0.2, 0.25) is 0 Å².